The summed E-state index contributed by atoms with van der Waals surface area (Å²) in [6, 6.07) is 10.7. The Morgan fingerprint density at radius 1 is 1.20 bits per heavy atom. The van der Waals surface area contributed by atoms with Crippen LogP contribution in [0.2, 0.25) is 0 Å². The zero-order chi connectivity index (χ0) is 14.8. The van der Waals surface area contributed by atoms with E-state index in [-0.39, 0.29) is 17.3 Å². The van der Waals surface area contributed by atoms with E-state index in [2.05, 4.69) is 4.98 Å². The van der Waals surface area contributed by atoms with Crippen LogP contribution in [-0.2, 0) is 16.6 Å². The van der Waals surface area contributed by atoms with Crippen LogP contribution in [0.25, 0.3) is 0 Å². The molecule has 0 amide bonds. The minimum absolute atomic E-state index is 0.0169. The molecule has 0 aliphatic heterocycles. The van der Waals surface area contributed by atoms with Gasteiger partial charge in [-0.2, -0.15) is 4.31 Å². The van der Waals surface area contributed by atoms with Gasteiger partial charge in [-0.05, 0) is 24.6 Å². The lowest BCUT2D eigenvalue weighted by Crippen LogP contribution is -2.27. The quantitative estimate of drug-likeness (QED) is 0.931. The predicted octanol–water partition coefficient (Wildman–Crippen LogP) is 1.79. The van der Waals surface area contributed by atoms with Gasteiger partial charge in [0.1, 0.15) is 10.7 Å². The van der Waals surface area contributed by atoms with Gasteiger partial charge >= 0.3 is 0 Å². The molecule has 2 N–H and O–H groups in total. The van der Waals surface area contributed by atoms with Gasteiger partial charge in [0.05, 0.1) is 0 Å². The fourth-order valence-electron chi connectivity index (χ4n) is 1.82. The number of rotatable bonds is 4. The number of nitrogen functional groups attached to an aromatic ring is 1. The molecule has 0 saturated carbocycles. The number of hydrogen-bond donors (Lipinski definition) is 1. The van der Waals surface area contributed by atoms with Gasteiger partial charge in [0.15, 0.2) is 0 Å². The molecule has 5 nitrogen and oxygen atoms in total. The third-order valence-electron chi connectivity index (χ3n) is 3.01. The Labute approximate surface area is 119 Å². The molecule has 0 unspecified atom stereocenters. The Kier molecular flexibility index (Phi) is 4.06. The van der Waals surface area contributed by atoms with E-state index in [0.717, 1.165) is 11.1 Å². The first-order valence-electron chi connectivity index (χ1n) is 6.13. The van der Waals surface area contributed by atoms with Gasteiger partial charge in [0.25, 0.3) is 0 Å². The molecule has 0 spiro atoms. The third kappa shape index (κ3) is 2.97. The van der Waals surface area contributed by atoms with Crippen LogP contribution in [0.1, 0.15) is 11.1 Å². The molecule has 0 fully saturated rings. The van der Waals surface area contributed by atoms with Crippen molar-refractivity contribution >= 4 is 15.8 Å². The van der Waals surface area contributed by atoms with E-state index in [1.165, 1.54) is 23.6 Å². The summed E-state index contributed by atoms with van der Waals surface area (Å²) in [5.74, 6) is 0.0169. The predicted molar refractivity (Wildman–Crippen MR) is 78.5 cm³/mol. The minimum Gasteiger partial charge on any atom is -0.383 e. The summed E-state index contributed by atoms with van der Waals surface area (Å²) < 4.78 is 26.1. The zero-order valence-electron chi connectivity index (χ0n) is 11.4. The van der Waals surface area contributed by atoms with E-state index in [1.54, 1.807) is 6.07 Å². The lowest BCUT2D eigenvalue weighted by molar-refractivity contribution is 0.467. The molecule has 2 aromatic rings. The molecule has 20 heavy (non-hydrogen) atoms. The number of nitrogens with two attached hydrogens (primary N) is 1. The summed E-state index contributed by atoms with van der Waals surface area (Å²) in [6.45, 7) is 2.28. The molecule has 1 aromatic heterocycles. The summed E-state index contributed by atoms with van der Waals surface area (Å²) in [6.07, 6.45) is 1.47. The second-order valence-electron chi connectivity index (χ2n) is 4.63. The van der Waals surface area contributed by atoms with Crippen molar-refractivity contribution in [2.75, 3.05) is 12.8 Å². The molecular weight excluding hydrogens is 274 g/mol. The van der Waals surface area contributed by atoms with Gasteiger partial charge in [-0.1, -0.05) is 29.8 Å². The van der Waals surface area contributed by atoms with E-state index in [4.69, 9.17) is 5.73 Å². The van der Waals surface area contributed by atoms with Gasteiger partial charge in [-0.25, -0.2) is 13.4 Å². The van der Waals surface area contributed by atoms with Crippen LogP contribution >= 0.6 is 0 Å². The van der Waals surface area contributed by atoms with Crippen LogP contribution in [-0.4, -0.2) is 24.8 Å². The topological polar surface area (TPSA) is 76.3 Å². The highest BCUT2D eigenvalue weighted by Gasteiger charge is 2.23. The standard InChI is InChI=1S/C14H17N3O2S/c1-11-5-7-12(8-6-11)10-17(2)20(18,19)13-4-3-9-16-14(13)15/h3-9H,10H2,1-2H3,(H2,15,16). The first-order valence-corrected chi connectivity index (χ1v) is 7.57. The van der Waals surface area contributed by atoms with Crippen molar-refractivity contribution in [2.24, 2.45) is 0 Å². The van der Waals surface area contributed by atoms with Crippen LogP contribution in [0.3, 0.4) is 0 Å². The van der Waals surface area contributed by atoms with Gasteiger partial charge in [-0.3, -0.25) is 0 Å². The maximum Gasteiger partial charge on any atom is 0.246 e. The van der Waals surface area contributed by atoms with Crippen molar-refractivity contribution in [3.8, 4) is 0 Å². The van der Waals surface area contributed by atoms with Crippen LogP contribution < -0.4 is 5.73 Å². The molecule has 0 saturated heterocycles. The van der Waals surface area contributed by atoms with Crippen molar-refractivity contribution in [1.82, 2.24) is 9.29 Å². The molecule has 0 bridgehead atoms. The number of nitrogens with zero attached hydrogens (tertiary/aromatic N) is 2. The molecule has 1 heterocycles. The normalized spacial score (nSPS) is 11.8. The van der Waals surface area contributed by atoms with Crippen LogP contribution in [0, 0.1) is 6.92 Å². The van der Waals surface area contributed by atoms with E-state index in [9.17, 15) is 8.42 Å². The Hall–Kier alpha value is -1.92. The first kappa shape index (κ1) is 14.5. The van der Waals surface area contributed by atoms with Crippen molar-refractivity contribution in [1.29, 1.82) is 0 Å². The van der Waals surface area contributed by atoms with E-state index >= 15 is 0 Å². The number of anilines is 1. The van der Waals surface area contributed by atoms with E-state index in [1.807, 2.05) is 31.2 Å². The molecule has 2 rings (SSSR count). The van der Waals surface area contributed by atoms with Crippen molar-refractivity contribution in [2.45, 2.75) is 18.4 Å². The summed E-state index contributed by atoms with van der Waals surface area (Å²) in [5, 5.41) is 0. The molecule has 6 heteroatoms. The van der Waals surface area contributed by atoms with Gasteiger partial charge < -0.3 is 5.73 Å². The van der Waals surface area contributed by atoms with Crippen molar-refractivity contribution < 1.29 is 8.42 Å². The summed E-state index contributed by atoms with van der Waals surface area (Å²) in [5.41, 5.74) is 7.70. The maximum absolute atomic E-state index is 12.4. The molecule has 0 aliphatic carbocycles. The van der Waals surface area contributed by atoms with Gasteiger partial charge in [0, 0.05) is 19.8 Å². The lowest BCUT2D eigenvalue weighted by Gasteiger charge is -2.18. The fourth-order valence-corrected chi connectivity index (χ4v) is 3.05. The maximum atomic E-state index is 12.4. The Morgan fingerprint density at radius 2 is 1.85 bits per heavy atom. The first-order chi connectivity index (χ1) is 9.41. The Balaban J connectivity index is 2.26. The second-order valence-corrected chi connectivity index (χ2v) is 6.65. The number of benzene rings is 1. The SMILES string of the molecule is Cc1ccc(CN(C)S(=O)(=O)c2cccnc2N)cc1. The smallest absolute Gasteiger partial charge is 0.246 e. The monoisotopic (exact) mass is 291 g/mol. The zero-order valence-corrected chi connectivity index (χ0v) is 12.3. The number of aromatic nitrogens is 1. The molecule has 0 radical (unpaired) electrons. The highest BCUT2D eigenvalue weighted by molar-refractivity contribution is 7.89. The average Bonchev–Trinajstić information content (AvgIpc) is 2.41. The van der Waals surface area contributed by atoms with Crippen molar-refractivity contribution in [3.05, 3.63) is 53.7 Å². The second kappa shape index (κ2) is 5.60. The number of sulfonamides is 1. The number of hydrogen-bond acceptors (Lipinski definition) is 4. The summed E-state index contributed by atoms with van der Waals surface area (Å²) in [4.78, 5) is 3.86. The molecule has 1 aromatic carbocycles. The van der Waals surface area contributed by atoms with Gasteiger partial charge in [0.2, 0.25) is 10.0 Å². The highest BCUT2D eigenvalue weighted by Crippen LogP contribution is 2.20. The Bertz CT molecular complexity index is 697. The summed E-state index contributed by atoms with van der Waals surface area (Å²) >= 11 is 0. The summed E-state index contributed by atoms with van der Waals surface area (Å²) in [7, 11) is -2.10. The van der Waals surface area contributed by atoms with Crippen LogP contribution in [0.15, 0.2) is 47.5 Å². The minimum atomic E-state index is -3.63. The number of aryl methyl sites for hydroxylation is 1. The molecule has 0 aliphatic rings. The van der Waals surface area contributed by atoms with E-state index < -0.39 is 10.0 Å². The third-order valence-corrected chi connectivity index (χ3v) is 4.86. The van der Waals surface area contributed by atoms with E-state index in [0.29, 0.717) is 0 Å². The van der Waals surface area contributed by atoms with Crippen molar-refractivity contribution in [3.63, 3.8) is 0 Å². The lowest BCUT2D eigenvalue weighted by atomic mass is 10.1. The molecule has 0 atom stereocenters. The molecular formula is C14H17N3O2S. The largest absolute Gasteiger partial charge is 0.383 e. The molecule has 106 valence electrons. The van der Waals surface area contributed by atoms with Crippen LogP contribution in [0.5, 0.6) is 0 Å². The highest BCUT2D eigenvalue weighted by atomic mass is 32.2. The number of pyridine rings is 1. The van der Waals surface area contributed by atoms with Gasteiger partial charge in [-0.15, -0.1) is 0 Å². The van der Waals surface area contributed by atoms with Crippen LogP contribution in [0.4, 0.5) is 5.82 Å². The fraction of sp³-hybridized carbons (Fsp3) is 0.214. The Morgan fingerprint density at radius 3 is 2.45 bits per heavy atom. The average molecular weight is 291 g/mol.